The van der Waals surface area contributed by atoms with E-state index in [-0.39, 0.29) is 0 Å². The van der Waals surface area contributed by atoms with Gasteiger partial charge in [-0.3, -0.25) is 4.98 Å². The highest BCUT2D eigenvalue weighted by atomic mass is 35.5. The average Bonchev–Trinajstić information content (AvgIpc) is 2.77. The maximum absolute atomic E-state index is 6.33. The van der Waals surface area contributed by atoms with E-state index in [0.29, 0.717) is 11.0 Å². The second-order valence-corrected chi connectivity index (χ2v) is 4.46. The van der Waals surface area contributed by atoms with E-state index in [1.54, 1.807) is 23.3 Å². The third-order valence-corrected chi connectivity index (χ3v) is 3.31. The SMILES string of the molecule is Cc1c(-c2ccccc2)nn(-c2cnccn2)c1Cl. The van der Waals surface area contributed by atoms with E-state index in [1.165, 1.54) is 0 Å². The van der Waals surface area contributed by atoms with Gasteiger partial charge in [-0.25, -0.2) is 9.67 Å². The first-order valence-electron chi connectivity index (χ1n) is 5.84. The van der Waals surface area contributed by atoms with E-state index in [9.17, 15) is 0 Å². The second-order valence-electron chi connectivity index (χ2n) is 4.11. The van der Waals surface area contributed by atoms with Crippen molar-refractivity contribution < 1.29 is 0 Å². The Morgan fingerprint density at radius 2 is 1.89 bits per heavy atom. The average molecular weight is 271 g/mol. The minimum absolute atomic E-state index is 0.555. The van der Waals surface area contributed by atoms with Crippen LogP contribution in [-0.4, -0.2) is 19.7 Å². The van der Waals surface area contributed by atoms with Gasteiger partial charge in [-0.2, -0.15) is 5.10 Å². The van der Waals surface area contributed by atoms with Crippen molar-refractivity contribution >= 4 is 11.6 Å². The molecule has 19 heavy (non-hydrogen) atoms. The molecule has 0 amide bonds. The maximum atomic E-state index is 6.33. The lowest BCUT2D eigenvalue weighted by atomic mass is 10.1. The van der Waals surface area contributed by atoms with Gasteiger partial charge < -0.3 is 0 Å². The van der Waals surface area contributed by atoms with Crippen molar-refractivity contribution in [1.29, 1.82) is 0 Å². The summed E-state index contributed by atoms with van der Waals surface area (Å²) >= 11 is 6.33. The summed E-state index contributed by atoms with van der Waals surface area (Å²) in [6.45, 7) is 1.95. The third kappa shape index (κ3) is 2.11. The molecule has 0 aliphatic heterocycles. The molecule has 0 saturated heterocycles. The van der Waals surface area contributed by atoms with Crippen molar-refractivity contribution in [3.05, 3.63) is 59.6 Å². The van der Waals surface area contributed by atoms with Crippen LogP contribution in [0.2, 0.25) is 5.15 Å². The number of rotatable bonds is 2. The van der Waals surface area contributed by atoms with Gasteiger partial charge in [0.2, 0.25) is 0 Å². The Balaban J connectivity index is 2.16. The lowest BCUT2D eigenvalue weighted by Crippen LogP contribution is -1.99. The van der Waals surface area contributed by atoms with Crippen molar-refractivity contribution in [2.24, 2.45) is 0 Å². The monoisotopic (exact) mass is 270 g/mol. The zero-order valence-electron chi connectivity index (χ0n) is 10.3. The van der Waals surface area contributed by atoms with Crippen LogP contribution in [0, 0.1) is 6.92 Å². The number of hydrogen-bond donors (Lipinski definition) is 0. The molecule has 3 aromatic rings. The predicted molar refractivity (Wildman–Crippen MR) is 74.3 cm³/mol. The van der Waals surface area contributed by atoms with Crippen LogP contribution >= 0.6 is 11.6 Å². The molecular weight excluding hydrogens is 260 g/mol. The molecule has 5 heteroatoms. The van der Waals surface area contributed by atoms with Crippen molar-refractivity contribution in [2.45, 2.75) is 6.92 Å². The third-order valence-electron chi connectivity index (χ3n) is 2.86. The molecular formula is C14H11ClN4. The molecule has 2 heterocycles. The van der Waals surface area contributed by atoms with E-state index in [1.807, 2.05) is 37.3 Å². The normalized spacial score (nSPS) is 10.6. The van der Waals surface area contributed by atoms with Crippen LogP contribution in [0.15, 0.2) is 48.9 Å². The molecule has 94 valence electrons. The molecule has 0 fully saturated rings. The van der Waals surface area contributed by atoms with Crippen LogP contribution in [-0.2, 0) is 0 Å². The van der Waals surface area contributed by atoms with Crippen molar-refractivity contribution in [1.82, 2.24) is 19.7 Å². The van der Waals surface area contributed by atoms with Crippen molar-refractivity contribution in [3.63, 3.8) is 0 Å². The van der Waals surface area contributed by atoms with Crippen LogP contribution in [0.3, 0.4) is 0 Å². The fourth-order valence-corrected chi connectivity index (χ4v) is 2.11. The second kappa shape index (κ2) is 4.82. The zero-order chi connectivity index (χ0) is 13.2. The largest absolute Gasteiger partial charge is 0.259 e. The predicted octanol–water partition coefficient (Wildman–Crippen LogP) is 3.29. The van der Waals surface area contributed by atoms with E-state index in [0.717, 1.165) is 16.8 Å². The molecule has 0 N–H and O–H groups in total. The molecule has 0 saturated carbocycles. The van der Waals surface area contributed by atoms with E-state index < -0.39 is 0 Å². The Kier molecular flexibility index (Phi) is 3.01. The molecule has 1 aromatic carbocycles. The summed E-state index contributed by atoms with van der Waals surface area (Å²) in [5, 5.41) is 5.09. The van der Waals surface area contributed by atoms with Gasteiger partial charge in [0, 0.05) is 23.5 Å². The van der Waals surface area contributed by atoms with Crippen LogP contribution < -0.4 is 0 Å². The maximum Gasteiger partial charge on any atom is 0.173 e. The van der Waals surface area contributed by atoms with Crippen LogP contribution in [0.5, 0.6) is 0 Å². The molecule has 0 aliphatic rings. The lowest BCUT2D eigenvalue weighted by Gasteiger charge is -1.99. The Morgan fingerprint density at radius 1 is 1.11 bits per heavy atom. The standard InChI is InChI=1S/C14H11ClN4/c1-10-13(11-5-3-2-4-6-11)18-19(14(10)15)12-9-16-7-8-17-12/h2-9H,1H3. The van der Waals surface area contributed by atoms with E-state index in [2.05, 4.69) is 15.1 Å². The van der Waals surface area contributed by atoms with Crippen molar-refractivity contribution in [3.8, 4) is 17.1 Å². The Hall–Kier alpha value is -2.20. The molecule has 3 rings (SSSR count). The van der Waals surface area contributed by atoms with E-state index >= 15 is 0 Å². The minimum atomic E-state index is 0.555. The summed E-state index contributed by atoms with van der Waals surface area (Å²) < 4.78 is 1.60. The molecule has 0 unspecified atom stereocenters. The van der Waals surface area contributed by atoms with Gasteiger partial charge >= 0.3 is 0 Å². The van der Waals surface area contributed by atoms with Gasteiger partial charge in [0.15, 0.2) is 5.82 Å². The summed E-state index contributed by atoms with van der Waals surface area (Å²) in [6, 6.07) is 9.94. The van der Waals surface area contributed by atoms with Gasteiger partial charge in [0.25, 0.3) is 0 Å². The number of halogens is 1. The zero-order valence-corrected chi connectivity index (χ0v) is 11.0. The van der Waals surface area contributed by atoms with Crippen LogP contribution in [0.4, 0.5) is 0 Å². The lowest BCUT2D eigenvalue weighted by molar-refractivity contribution is 0.841. The molecule has 0 spiro atoms. The molecule has 0 bridgehead atoms. The Morgan fingerprint density at radius 3 is 2.58 bits per heavy atom. The van der Waals surface area contributed by atoms with Gasteiger partial charge in [-0.1, -0.05) is 41.9 Å². The van der Waals surface area contributed by atoms with E-state index in [4.69, 9.17) is 11.6 Å². The molecule has 0 atom stereocenters. The smallest absolute Gasteiger partial charge is 0.173 e. The summed E-state index contributed by atoms with van der Waals surface area (Å²) in [5.41, 5.74) is 2.82. The van der Waals surface area contributed by atoms with Crippen LogP contribution in [0.1, 0.15) is 5.56 Å². The summed E-state index contributed by atoms with van der Waals surface area (Å²) in [4.78, 5) is 8.24. The highest BCUT2D eigenvalue weighted by Crippen LogP contribution is 2.28. The van der Waals surface area contributed by atoms with Crippen molar-refractivity contribution in [2.75, 3.05) is 0 Å². The summed E-state index contributed by atoms with van der Waals surface area (Å²) in [6.07, 6.45) is 4.86. The molecule has 0 radical (unpaired) electrons. The quantitative estimate of drug-likeness (QED) is 0.718. The van der Waals surface area contributed by atoms with Gasteiger partial charge in [-0.15, -0.1) is 0 Å². The fourth-order valence-electron chi connectivity index (χ4n) is 1.90. The summed E-state index contributed by atoms with van der Waals surface area (Å²) in [5.74, 6) is 0.609. The number of aromatic nitrogens is 4. The number of hydrogen-bond acceptors (Lipinski definition) is 3. The Bertz CT molecular complexity index is 632. The van der Waals surface area contributed by atoms with Crippen LogP contribution in [0.25, 0.3) is 17.1 Å². The molecule has 2 aromatic heterocycles. The number of benzene rings is 1. The Labute approximate surface area is 115 Å². The minimum Gasteiger partial charge on any atom is -0.259 e. The fraction of sp³-hybridized carbons (Fsp3) is 0.0714. The summed E-state index contributed by atoms with van der Waals surface area (Å²) in [7, 11) is 0. The molecule has 0 aliphatic carbocycles. The van der Waals surface area contributed by atoms with Gasteiger partial charge in [-0.05, 0) is 6.92 Å². The number of nitrogens with zero attached hydrogens (tertiary/aromatic N) is 4. The first-order valence-corrected chi connectivity index (χ1v) is 6.22. The van der Waals surface area contributed by atoms with Gasteiger partial charge in [0.1, 0.15) is 5.15 Å². The highest BCUT2D eigenvalue weighted by molar-refractivity contribution is 6.31. The first-order chi connectivity index (χ1) is 9.27. The highest BCUT2D eigenvalue weighted by Gasteiger charge is 2.15. The van der Waals surface area contributed by atoms with Gasteiger partial charge in [0.05, 0.1) is 11.9 Å². The first kappa shape index (κ1) is 11.9. The topological polar surface area (TPSA) is 43.6 Å². The molecule has 4 nitrogen and oxygen atoms in total.